The van der Waals surface area contributed by atoms with Crippen molar-refractivity contribution in [3.05, 3.63) is 10.6 Å². The summed E-state index contributed by atoms with van der Waals surface area (Å²) in [5.41, 5.74) is 0.181. The number of nitrogens with one attached hydrogen (secondary N) is 2. The van der Waals surface area contributed by atoms with E-state index in [1.165, 1.54) is 64.2 Å². The fraction of sp³-hybridized carbons (Fsp3) is 0.893. The van der Waals surface area contributed by atoms with Crippen LogP contribution in [0.15, 0.2) is 0 Å². The van der Waals surface area contributed by atoms with Gasteiger partial charge in [-0.15, -0.1) is 0 Å². The van der Waals surface area contributed by atoms with E-state index in [-0.39, 0.29) is 27.7 Å². The van der Waals surface area contributed by atoms with Gasteiger partial charge in [-0.3, -0.25) is 0 Å². The molecular formula is C28H51Cl2N5O. The predicted octanol–water partition coefficient (Wildman–Crippen LogP) is 8.23. The molecule has 0 aliphatic carbocycles. The highest BCUT2D eigenvalue weighted by atomic mass is 35.5. The maximum Gasteiger partial charge on any atom is 0.228 e. The first-order valence-corrected chi connectivity index (χ1v) is 15.1. The summed E-state index contributed by atoms with van der Waals surface area (Å²) >= 11 is 11.8. The Morgan fingerprint density at radius 2 is 1.33 bits per heavy atom. The van der Waals surface area contributed by atoms with Crippen LogP contribution in [0.25, 0.3) is 0 Å². The minimum atomic E-state index is 0.0905. The van der Waals surface area contributed by atoms with Crippen molar-refractivity contribution in [3.63, 3.8) is 0 Å². The maximum absolute atomic E-state index is 6.56. The van der Waals surface area contributed by atoms with Gasteiger partial charge < -0.3 is 15.4 Å². The third kappa shape index (κ3) is 13.2. The number of unbranched alkanes of at least 4 members (excludes halogenated alkanes) is 10. The summed E-state index contributed by atoms with van der Waals surface area (Å²) in [4.78, 5) is 12.1. The zero-order chi connectivity index (χ0) is 26.4. The highest BCUT2D eigenvalue weighted by molar-refractivity contribution is 6.31. The summed E-state index contributed by atoms with van der Waals surface area (Å²) in [6, 6.07) is 0. The SMILES string of the molecule is CCCCCCCCCCCCCOC(CCNc1nc(Cl)nc(Cl)n1)C1CC(C)(C)NC(C)(C)C1. The third-order valence-corrected chi connectivity index (χ3v) is 7.46. The van der Waals surface area contributed by atoms with Gasteiger partial charge in [0.05, 0.1) is 6.10 Å². The van der Waals surface area contributed by atoms with Crippen LogP contribution < -0.4 is 10.6 Å². The minimum absolute atomic E-state index is 0.0905. The number of halogens is 2. The Bertz CT molecular complexity index is 710. The van der Waals surface area contributed by atoms with E-state index in [1.54, 1.807) is 0 Å². The average Bonchev–Trinajstić information content (AvgIpc) is 2.76. The van der Waals surface area contributed by atoms with E-state index in [2.05, 4.69) is 60.2 Å². The molecule has 0 spiro atoms. The molecule has 1 fully saturated rings. The lowest BCUT2D eigenvalue weighted by atomic mass is 9.73. The molecule has 2 heterocycles. The molecule has 1 aliphatic heterocycles. The highest BCUT2D eigenvalue weighted by Crippen LogP contribution is 2.36. The van der Waals surface area contributed by atoms with Crippen molar-refractivity contribution in [2.45, 2.75) is 142 Å². The van der Waals surface area contributed by atoms with Gasteiger partial charge >= 0.3 is 0 Å². The Labute approximate surface area is 230 Å². The second kappa shape index (κ2) is 16.3. The molecule has 6 nitrogen and oxygen atoms in total. The summed E-state index contributed by atoms with van der Waals surface area (Å²) in [6.07, 6.45) is 18.1. The molecule has 2 rings (SSSR count). The predicted molar refractivity (Wildman–Crippen MR) is 153 cm³/mol. The highest BCUT2D eigenvalue weighted by Gasteiger charge is 2.40. The molecule has 36 heavy (non-hydrogen) atoms. The molecule has 0 radical (unpaired) electrons. The van der Waals surface area contributed by atoms with Crippen LogP contribution in [0.1, 0.15) is 125 Å². The average molecular weight is 545 g/mol. The zero-order valence-corrected chi connectivity index (χ0v) is 25.0. The first-order valence-electron chi connectivity index (χ1n) is 14.3. The van der Waals surface area contributed by atoms with Crippen molar-refractivity contribution in [2.75, 3.05) is 18.5 Å². The largest absolute Gasteiger partial charge is 0.378 e. The van der Waals surface area contributed by atoms with Gasteiger partial charge in [0.2, 0.25) is 16.5 Å². The van der Waals surface area contributed by atoms with Crippen LogP contribution >= 0.6 is 23.2 Å². The van der Waals surface area contributed by atoms with Crippen molar-refractivity contribution < 1.29 is 4.74 Å². The van der Waals surface area contributed by atoms with Gasteiger partial charge in [-0.05, 0) is 82.5 Å². The molecule has 1 aliphatic rings. The van der Waals surface area contributed by atoms with Gasteiger partial charge in [0.15, 0.2) is 0 Å². The first kappa shape index (κ1) is 31.5. The normalized spacial score (nSPS) is 18.3. The molecule has 1 unspecified atom stereocenters. The fourth-order valence-corrected chi connectivity index (χ4v) is 6.21. The number of anilines is 1. The Kier molecular flexibility index (Phi) is 14.3. The number of aromatic nitrogens is 3. The van der Waals surface area contributed by atoms with E-state index in [0.29, 0.717) is 18.4 Å². The lowest BCUT2D eigenvalue weighted by Crippen LogP contribution is -2.59. The smallest absolute Gasteiger partial charge is 0.228 e. The Morgan fingerprint density at radius 3 is 1.86 bits per heavy atom. The van der Waals surface area contributed by atoms with E-state index < -0.39 is 0 Å². The van der Waals surface area contributed by atoms with Gasteiger partial charge in [0, 0.05) is 24.2 Å². The number of nitrogens with zero attached hydrogens (tertiary/aromatic N) is 3. The number of rotatable bonds is 18. The number of ether oxygens (including phenoxy) is 1. The van der Waals surface area contributed by atoms with Crippen LogP contribution in [0.2, 0.25) is 10.6 Å². The molecule has 0 saturated carbocycles. The lowest BCUT2D eigenvalue weighted by molar-refractivity contribution is -0.0309. The van der Waals surface area contributed by atoms with E-state index in [4.69, 9.17) is 27.9 Å². The van der Waals surface area contributed by atoms with Gasteiger partial charge in [-0.1, -0.05) is 71.1 Å². The topological polar surface area (TPSA) is 72.0 Å². The monoisotopic (exact) mass is 543 g/mol. The number of hydrogen-bond acceptors (Lipinski definition) is 6. The van der Waals surface area contributed by atoms with Crippen molar-refractivity contribution >= 4 is 29.2 Å². The molecule has 0 aromatic carbocycles. The van der Waals surface area contributed by atoms with E-state index >= 15 is 0 Å². The summed E-state index contributed by atoms with van der Waals surface area (Å²) in [7, 11) is 0. The van der Waals surface area contributed by atoms with Crippen LogP contribution in [0, 0.1) is 5.92 Å². The van der Waals surface area contributed by atoms with Crippen LogP contribution in [-0.2, 0) is 4.74 Å². The van der Waals surface area contributed by atoms with Gasteiger partial charge in [-0.2, -0.15) is 15.0 Å². The van der Waals surface area contributed by atoms with E-state index in [9.17, 15) is 0 Å². The van der Waals surface area contributed by atoms with Crippen molar-refractivity contribution in [1.29, 1.82) is 0 Å². The van der Waals surface area contributed by atoms with Gasteiger partial charge in [0.25, 0.3) is 0 Å². The molecule has 2 N–H and O–H groups in total. The molecule has 1 aromatic heterocycles. The first-order chi connectivity index (χ1) is 17.1. The maximum atomic E-state index is 6.56. The number of hydrogen-bond donors (Lipinski definition) is 2. The lowest BCUT2D eigenvalue weighted by Gasteiger charge is -2.48. The molecule has 0 amide bonds. The van der Waals surface area contributed by atoms with E-state index in [1.807, 2.05) is 0 Å². The Morgan fingerprint density at radius 1 is 0.833 bits per heavy atom. The van der Waals surface area contributed by atoms with Crippen LogP contribution in [0.4, 0.5) is 5.95 Å². The Balaban J connectivity index is 1.77. The summed E-state index contributed by atoms with van der Waals surface area (Å²) in [5, 5.41) is 7.26. The third-order valence-electron chi connectivity index (χ3n) is 7.12. The second-order valence-electron chi connectivity index (χ2n) is 11.9. The van der Waals surface area contributed by atoms with Crippen LogP contribution in [0.3, 0.4) is 0 Å². The minimum Gasteiger partial charge on any atom is -0.378 e. The van der Waals surface area contributed by atoms with E-state index in [0.717, 1.165) is 32.3 Å². The summed E-state index contributed by atoms with van der Waals surface area (Å²) in [5.74, 6) is 0.909. The standard InChI is InChI=1S/C28H51Cl2N5O/c1-6-7-8-9-10-11-12-13-14-15-16-19-36-23(22-20-27(2,3)35-28(4,5)21-22)17-18-31-26-33-24(29)32-25(30)34-26/h22-23,35H,6-21H2,1-5H3,(H,31,32,33,34). The van der Waals surface area contributed by atoms with Gasteiger partial charge in [0.1, 0.15) is 0 Å². The molecule has 208 valence electrons. The van der Waals surface area contributed by atoms with Crippen LogP contribution in [-0.4, -0.2) is 45.3 Å². The summed E-state index contributed by atoms with van der Waals surface area (Å²) in [6.45, 7) is 13.0. The fourth-order valence-electron chi connectivity index (χ4n) is 5.85. The van der Waals surface area contributed by atoms with Gasteiger partial charge in [-0.25, -0.2) is 0 Å². The molecule has 1 saturated heterocycles. The molecule has 0 bridgehead atoms. The van der Waals surface area contributed by atoms with Crippen LogP contribution in [0.5, 0.6) is 0 Å². The Hall–Kier alpha value is -0.690. The van der Waals surface area contributed by atoms with Crippen molar-refractivity contribution in [3.8, 4) is 0 Å². The molecule has 1 atom stereocenters. The summed E-state index contributed by atoms with van der Waals surface area (Å²) < 4.78 is 6.56. The zero-order valence-electron chi connectivity index (χ0n) is 23.5. The molecule has 1 aromatic rings. The molecular weight excluding hydrogens is 493 g/mol. The van der Waals surface area contributed by atoms with Crippen molar-refractivity contribution in [2.24, 2.45) is 5.92 Å². The second-order valence-corrected chi connectivity index (χ2v) is 12.6. The molecule has 8 heteroatoms. The quantitative estimate of drug-likeness (QED) is 0.181. The number of piperidine rings is 1. The van der Waals surface area contributed by atoms with Crippen molar-refractivity contribution in [1.82, 2.24) is 20.3 Å².